The molecule has 1 aliphatic carbocycles. The van der Waals surface area contributed by atoms with Crippen LogP contribution in [-0.4, -0.2) is 5.78 Å². The average molecular weight is 341 g/mol. The quantitative estimate of drug-likeness (QED) is 0.622. The van der Waals surface area contributed by atoms with Crippen molar-refractivity contribution in [2.75, 3.05) is 0 Å². The van der Waals surface area contributed by atoms with Crippen LogP contribution in [0.2, 0.25) is 0 Å². The monoisotopic (exact) mass is 340 g/mol. The minimum Gasteiger partial charge on any atom is -0.294 e. The first-order chi connectivity index (χ1) is 9.61. The highest BCUT2D eigenvalue weighted by Gasteiger charge is 2.26. The highest BCUT2D eigenvalue weighted by Crippen LogP contribution is 2.34. The summed E-state index contributed by atoms with van der Waals surface area (Å²) in [6.07, 6.45) is 8.16. The maximum Gasteiger partial charge on any atom is 0.165 e. The number of carbonyl (C=O) groups excluding carboxylic acids is 1. The minimum absolute atomic E-state index is 0.130. The van der Waals surface area contributed by atoms with Gasteiger partial charge in [-0.3, -0.25) is 4.79 Å². The van der Waals surface area contributed by atoms with Gasteiger partial charge < -0.3 is 0 Å². The molecule has 1 aromatic carbocycles. The Morgan fingerprint density at radius 3 is 2.60 bits per heavy atom. The van der Waals surface area contributed by atoms with Crippen molar-refractivity contribution in [3.8, 4) is 0 Å². The summed E-state index contributed by atoms with van der Waals surface area (Å²) in [7, 11) is 0. The molecule has 1 nitrogen and oxygen atoms in total. The summed E-state index contributed by atoms with van der Waals surface area (Å²) in [5.74, 6) is 0.800. The standard InChI is InChI=1S/C17H22BrFO/c1-2-3-4-12-5-7-13(8-6-12)17(20)14-9-10-16(19)15(18)11-14/h9-13H,2-8H2,1H3. The van der Waals surface area contributed by atoms with Gasteiger partial charge in [-0.15, -0.1) is 0 Å². The normalized spacial score (nSPS) is 22.8. The second-order valence-electron chi connectivity index (χ2n) is 5.85. The maximum absolute atomic E-state index is 13.2. The van der Waals surface area contributed by atoms with Crippen molar-refractivity contribution in [1.82, 2.24) is 0 Å². The summed E-state index contributed by atoms with van der Waals surface area (Å²) >= 11 is 3.15. The molecule has 0 radical (unpaired) electrons. The second-order valence-corrected chi connectivity index (χ2v) is 6.71. The smallest absolute Gasteiger partial charge is 0.165 e. The number of hydrogen-bond donors (Lipinski definition) is 0. The molecule has 0 bridgehead atoms. The van der Waals surface area contributed by atoms with Crippen LogP contribution in [0, 0.1) is 17.7 Å². The Hall–Kier alpha value is -0.700. The zero-order chi connectivity index (χ0) is 14.5. The molecule has 0 amide bonds. The van der Waals surface area contributed by atoms with Crippen LogP contribution < -0.4 is 0 Å². The van der Waals surface area contributed by atoms with Gasteiger partial charge in [-0.05, 0) is 65.7 Å². The van der Waals surface area contributed by atoms with E-state index in [2.05, 4.69) is 22.9 Å². The summed E-state index contributed by atoms with van der Waals surface area (Å²) in [4.78, 5) is 12.4. The molecular formula is C17H22BrFO. The van der Waals surface area contributed by atoms with Gasteiger partial charge in [0.1, 0.15) is 5.82 Å². The first kappa shape index (κ1) is 15.7. The second kappa shape index (κ2) is 7.35. The number of Topliss-reactive ketones (excluding diaryl/α,β-unsaturated/α-hetero) is 1. The van der Waals surface area contributed by atoms with Crippen molar-refractivity contribution >= 4 is 21.7 Å². The van der Waals surface area contributed by atoms with E-state index in [1.54, 1.807) is 12.1 Å². The molecule has 0 spiro atoms. The van der Waals surface area contributed by atoms with Gasteiger partial charge in [-0.1, -0.05) is 26.2 Å². The van der Waals surface area contributed by atoms with Crippen LogP contribution in [0.1, 0.15) is 62.2 Å². The van der Waals surface area contributed by atoms with Crippen LogP contribution in [0.25, 0.3) is 0 Å². The summed E-state index contributed by atoms with van der Waals surface area (Å²) in [6, 6.07) is 4.58. The van der Waals surface area contributed by atoms with Crippen LogP contribution in [0.3, 0.4) is 0 Å². The minimum atomic E-state index is -0.315. The predicted molar refractivity (Wildman–Crippen MR) is 83.4 cm³/mol. The van der Waals surface area contributed by atoms with Gasteiger partial charge in [0.15, 0.2) is 5.78 Å². The number of unbranched alkanes of at least 4 members (excludes halogenated alkanes) is 1. The molecule has 0 unspecified atom stereocenters. The van der Waals surface area contributed by atoms with E-state index in [0.717, 1.165) is 18.8 Å². The van der Waals surface area contributed by atoms with Gasteiger partial charge in [0.05, 0.1) is 4.47 Å². The van der Waals surface area contributed by atoms with Crippen LogP contribution in [0.5, 0.6) is 0 Å². The van der Waals surface area contributed by atoms with Gasteiger partial charge in [-0.2, -0.15) is 0 Å². The predicted octanol–water partition coefficient (Wildman–Crippen LogP) is 5.77. The largest absolute Gasteiger partial charge is 0.294 e. The first-order valence-electron chi connectivity index (χ1n) is 7.61. The molecular weight excluding hydrogens is 319 g/mol. The number of benzene rings is 1. The SMILES string of the molecule is CCCCC1CCC(C(=O)c2ccc(F)c(Br)c2)CC1. The van der Waals surface area contributed by atoms with E-state index in [1.807, 2.05) is 0 Å². The molecule has 1 saturated carbocycles. The van der Waals surface area contributed by atoms with Crippen molar-refractivity contribution < 1.29 is 9.18 Å². The van der Waals surface area contributed by atoms with Gasteiger partial charge in [-0.25, -0.2) is 4.39 Å². The first-order valence-corrected chi connectivity index (χ1v) is 8.40. The van der Waals surface area contributed by atoms with Crippen molar-refractivity contribution in [2.24, 2.45) is 11.8 Å². The molecule has 110 valence electrons. The van der Waals surface area contributed by atoms with Crippen LogP contribution in [-0.2, 0) is 0 Å². The van der Waals surface area contributed by atoms with E-state index >= 15 is 0 Å². The van der Waals surface area contributed by atoms with E-state index in [4.69, 9.17) is 0 Å². The summed E-state index contributed by atoms with van der Waals surface area (Å²) < 4.78 is 13.6. The number of halogens is 2. The third-order valence-corrected chi connectivity index (χ3v) is 5.00. The Morgan fingerprint density at radius 1 is 1.30 bits per heavy atom. The van der Waals surface area contributed by atoms with E-state index in [-0.39, 0.29) is 17.5 Å². The number of rotatable bonds is 5. The number of hydrogen-bond acceptors (Lipinski definition) is 1. The fraction of sp³-hybridized carbons (Fsp3) is 0.588. The Bertz CT molecular complexity index is 464. The molecule has 1 aliphatic rings. The molecule has 3 heteroatoms. The fourth-order valence-corrected chi connectivity index (χ4v) is 3.47. The van der Waals surface area contributed by atoms with E-state index in [9.17, 15) is 9.18 Å². The highest BCUT2D eigenvalue weighted by molar-refractivity contribution is 9.10. The summed E-state index contributed by atoms with van der Waals surface area (Å²) in [5.41, 5.74) is 0.635. The Labute approximate surface area is 129 Å². The van der Waals surface area contributed by atoms with Crippen LogP contribution in [0.4, 0.5) is 4.39 Å². The Kier molecular flexibility index (Phi) is 5.76. The van der Waals surface area contributed by atoms with Crippen molar-refractivity contribution in [2.45, 2.75) is 51.9 Å². The molecule has 0 N–H and O–H groups in total. The van der Waals surface area contributed by atoms with Gasteiger partial charge >= 0.3 is 0 Å². The molecule has 0 saturated heterocycles. The van der Waals surface area contributed by atoms with Crippen molar-refractivity contribution in [1.29, 1.82) is 0 Å². The average Bonchev–Trinajstić information content (AvgIpc) is 2.48. The summed E-state index contributed by atoms with van der Waals surface area (Å²) in [6.45, 7) is 2.22. The van der Waals surface area contributed by atoms with E-state index in [0.29, 0.717) is 10.0 Å². The van der Waals surface area contributed by atoms with Gasteiger partial charge in [0.2, 0.25) is 0 Å². The van der Waals surface area contributed by atoms with Crippen molar-refractivity contribution in [3.63, 3.8) is 0 Å². The Morgan fingerprint density at radius 2 is 2.00 bits per heavy atom. The fourth-order valence-electron chi connectivity index (χ4n) is 3.09. The lowest BCUT2D eigenvalue weighted by atomic mass is 9.77. The lowest BCUT2D eigenvalue weighted by Crippen LogP contribution is -2.22. The zero-order valence-corrected chi connectivity index (χ0v) is 13.6. The molecule has 20 heavy (non-hydrogen) atoms. The van der Waals surface area contributed by atoms with Crippen molar-refractivity contribution in [3.05, 3.63) is 34.1 Å². The molecule has 0 aromatic heterocycles. The third kappa shape index (κ3) is 3.91. The van der Waals surface area contributed by atoms with E-state index in [1.165, 1.54) is 38.2 Å². The van der Waals surface area contributed by atoms with Crippen LogP contribution in [0.15, 0.2) is 22.7 Å². The van der Waals surface area contributed by atoms with Gasteiger partial charge in [0.25, 0.3) is 0 Å². The molecule has 2 rings (SSSR count). The topological polar surface area (TPSA) is 17.1 Å². The molecule has 1 fully saturated rings. The lowest BCUT2D eigenvalue weighted by molar-refractivity contribution is 0.0869. The Balaban J connectivity index is 1.92. The lowest BCUT2D eigenvalue weighted by Gasteiger charge is -2.27. The summed E-state index contributed by atoms with van der Waals surface area (Å²) in [5, 5.41) is 0. The number of carbonyl (C=O) groups is 1. The number of ketones is 1. The third-order valence-electron chi connectivity index (χ3n) is 4.39. The van der Waals surface area contributed by atoms with E-state index < -0.39 is 0 Å². The molecule has 1 aromatic rings. The molecule has 0 aliphatic heterocycles. The van der Waals surface area contributed by atoms with Crippen LogP contribution >= 0.6 is 15.9 Å². The zero-order valence-electron chi connectivity index (χ0n) is 12.0. The maximum atomic E-state index is 13.2. The highest BCUT2D eigenvalue weighted by atomic mass is 79.9. The molecule has 0 heterocycles. The van der Waals surface area contributed by atoms with Gasteiger partial charge in [0, 0.05) is 11.5 Å². The molecule has 0 atom stereocenters.